The van der Waals surface area contributed by atoms with E-state index in [0.717, 1.165) is 24.5 Å². The van der Waals surface area contributed by atoms with Crippen LogP contribution in [0.2, 0.25) is 0 Å². The van der Waals surface area contributed by atoms with Crippen molar-refractivity contribution in [3.8, 4) is 5.75 Å². The first-order chi connectivity index (χ1) is 10.2. The minimum atomic E-state index is -0.329. The molecule has 2 aromatic rings. The number of benzene rings is 2. The molecule has 110 valence electrons. The molecule has 0 radical (unpaired) electrons. The van der Waals surface area contributed by atoms with Crippen LogP contribution in [0, 0.1) is 0 Å². The lowest BCUT2D eigenvalue weighted by Crippen LogP contribution is -2.51. The van der Waals surface area contributed by atoms with Gasteiger partial charge in [-0.1, -0.05) is 43.3 Å². The van der Waals surface area contributed by atoms with E-state index in [1.165, 1.54) is 10.8 Å². The van der Waals surface area contributed by atoms with Gasteiger partial charge in [-0.05, 0) is 36.4 Å². The van der Waals surface area contributed by atoms with Crippen LogP contribution < -0.4 is 4.74 Å². The molecule has 0 aromatic heterocycles. The van der Waals surface area contributed by atoms with E-state index in [0.29, 0.717) is 0 Å². The molecule has 3 heteroatoms. The molecule has 0 saturated carbocycles. The fourth-order valence-corrected chi connectivity index (χ4v) is 3.77. The van der Waals surface area contributed by atoms with Crippen molar-refractivity contribution in [2.75, 3.05) is 19.3 Å². The van der Waals surface area contributed by atoms with Gasteiger partial charge in [-0.15, -0.1) is 11.8 Å². The second-order valence-electron chi connectivity index (χ2n) is 5.46. The molecule has 1 aliphatic rings. The van der Waals surface area contributed by atoms with Gasteiger partial charge in [0.15, 0.2) is 5.72 Å². The maximum Gasteiger partial charge on any atom is 0.192 e. The Hall–Kier alpha value is -1.45. The molecule has 0 aliphatic carbocycles. The molecule has 0 spiro atoms. The van der Waals surface area contributed by atoms with E-state index in [-0.39, 0.29) is 5.72 Å². The van der Waals surface area contributed by atoms with Gasteiger partial charge in [-0.25, -0.2) is 0 Å². The summed E-state index contributed by atoms with van der Waals surface area (Å²) in [5.41, 5.74) is -0.329. The van der Waals surface area contributed by atoms with Crippen LogP contribution in [0.4, 0.5) is 0 Å². The second kappa shape index (κ2) is 6.12. The first-order valence-electron chi connectivity index (χ1n) is 7.42. The van der Waals surface area contributed by atoms with Crippen LogP contribution in [0.5, 0.6) is 5.75 Å². The van der Waals surface area contributed by atoms with Crippen molar-refractivity contribution in [2.24, 2.45) is 0 Å². The van der Waals surface area contributed by atoms with Gasteiger partial charge in [0.05, 0.1) is 5.75 Å². The lowest BCUT2D eigenvalue weighted by atomic mass is 10.1. The number of ether oxygens (including phenoxy) is 1. The maximum absolute atomic E-state index is 6.51. The summed E-state index contributed by atoms with van der Waals surface area (Å²) in [6, 6.07) is 14.7. The van der Waals surface area contributed by atoms with Crippen molar-refractivity contribution in [3.05, 3.63) is 53.9 Å². The SMILES string of the molecule is CCCN(C)C1(Oc2cccc3ccccc23)C=CSC1. The van der Waals surface area contributed by atoms with E-state index in [1.807, 2.05) is 11.8 Å². The van der Waals surface area contributed by atoms with Crippen LogP contribution in [0.3, 0.4) is 0 Å². The summed E-state index contributed by atoms with van der Waals surface area (Å²) < 4.78 is 6.51. The van der Waals surface area contributed by atoms with E-state index in [1.54, 1.807) is 0 Å². The van der Waals surface area contributed by atoms with Gasteiger partial charge >= 0.3 is 0 Å². The summed E-state index contributed by atoms with van der Waals surface area (Å²) in [5, 5.41) is 4.55. The van der Waals surface area contributed by atoms with E-state index in [4.69, 9.17) is 4.74 Å². The zero-order valence-electron chi connectivity index (χ0n) is 12.6. The molecule has 2 nitrogen and oxygen atoms in total. The highest BCUT2D eigenvalue weighted by atomic mass is 32.2. The molecule has 3 rings (SSSR count). The van der Waals surface area contributed by atoms with Crippen molar-refractivity contribution in [1.29, 1.82) is 0 Å². The average molecular weight is 299 g/mol. The Labute approximate surface area is 130 Å². The smallest absolute Gasteiger partial charge is 0.192 e. The number of rotatable bonds is 5. The third-order valence-corrected chi connectivity index (χ3v) is 4.87. The quantitative estimate of drug-likeness (QED) is 0.753. The maximum atomic E-state index is 6.51. The van der Waals surface area contributed by atoms with Crippen LogP contribution >= 0.6 is 11.8 Å². The Morgan fingerprint density at radius 3 is 2.76 bits per heavy atom. The van der Waals surface area contributed by atoms with E-state index in [9.17, 15) is 0 Å². The Morgan fingerprint density at radius 1 is 1.19 bits per heavy atom. The van der Waals surface area contributed by atoms with Gasteiger partial charge in [-0.2, -0.15) is 0 Å². The molecule has 1 atom stereocenters. The fourth-order valence-electron chi connectivity index (χ4n) is 2.75. The van der Waals surface area contributed by atoms with Gasteiger partial charge in [0, 0.05) is 11.9 Å². The van der Waals surface area contributed by atoms with Gasteiger partial charge in [0.1, 0.15) is 5.75 Å². The molecular formula is C18H21NOS. The van der Waals surface area contributed by atoms with Gasteiger partial charge < -0.3 is 4.74 Å². The van der Waals surface area contributed by atoms with Crippen molar-refractivity contribution in [3.63, 3.8) is 0 Å². The summed E-state index contributed by atoms with van der Waals surface area (Å²) >= 11 is 1.81. The minimum Gasteiger partial charge on any atom is -0.467 e. The summed E-state index contributed by atoms with van der Waals surface area (Å²) in [6.07, 6.45) is 3.31. The highest BCUT2D eigenvalue weighted by Crippen LogP contribution is 2.35. The Kier molecular flexibility index (Phi) is 4.22. The summed E-state index contributed by atoms with van der Waals surface area (Å²) in [5.74, 6) is 1.90. The summed E-state index contributed by atoms with van der Waals surface area (Å²) in [6.45, 7) is 3.23. The summed E-state index contributed by atoms with van der Waals surface area (Å²) in [4.78, 5) is 2.31. The Morgan fingerprint density at radius 2 is 2.00 bits per heavy atom. The molecular weight excluding hydrogens is 278 g/mol. The Bertz CT molecular complexity index is 649. The van der Waals surface area contributed by atoms with Crippen molar-refractivity contribution < 1.29 is 4.74 Å². The molecule has 0 saturated heterocycles. The monoisotopic (exact) mass is 299 g/mol. The van der Waals surface area contributed by atoms with Gasteiger partial charge in [0.2, 0.25) is 0 Å². The molecule has 1 aliphatic heterocycles. The lowest BCUT2D eigenvalue weighted by Gasteiger charge is -2.37. The molecule has 2 aromatic carbocycles. The highest BCUT2D eigenvalue weighted by molar-refractivity contribution is 8.02. The molecule has 0 bridgehead atoms. The van der Waals surface area contributed by atoms with Crippen LogP contribution in [0.15, 0.2) is 53.9 Å². The molecule has 0 fully saturated rings. The molecule has 1 heterocycles. The first kappa shape index (κ1) is 14.5. The van der Waals surface area contributed by atoms with E-state index >= 15 is 0 Å². The van der Waals surface area contributed by atoms with E-state index in [2.05, 4.69) is 72.8 Å². The average Bonchev–Trinajstić information content (AvgIpc) is 2.98. The lowest BCUT2D eigenvalue weighted by molar-refractivity contribution is -0.00536. The summed E-state index contributed by atoms with van der Waals surface area (Å²) in [7, 11) is 2.14. The minimum absolute atomic E-state index is 0.329. The normalized spacial score (nSPS) is 21.3. The van der Waals surface area contributed by atoms with Crippen LogP contribution in [-0.2, 0) is 0 Å². The zero-order valence-corrected chi connectivity index (χ0v) is 13.4. The van der Waals surface area contributed by atoms with Crippen molar-refractivity contribution in [2.45, 2.75) is 19.1 Å². The molecule has 0 amide bonds. The molecule has 1 unspecified atom stereocenters. The number of nitrogens with zero attached hydrogens (tertiary/aromatic N) is 1. The predicted octanol–water partition coefficient (Wildman–Crippen LogP) is 4.52. The van der Waals surface area contributed by atoms with E-state index < -0.39 is 0 Å². The Balaban J connectivity index is 1.97. The van der Waals surface area contributed by atoms with Crippen molar-refractivity contribution >= 4 is 22.5 Å². The first-order valence-corrected chi connectivity index (χ1v) is 8.47. The molecule has 21 heavy (non-hydrogen) atoms. The standard InChI is InChI=1S/C18H21NOS/c1-3-12-19(2)18(11-13-21-14-18)20-17-10-6-8-15-7-4-5-9-16(15)17/h4-11,13H,3,12,14H2,1-2H3. The number of hydrogen-bond acceptors (Lipinski definition) is 3. The number of hydrogen-bond donors (Lipinski definition) is 0. The van der Waals surface area contributed by atoms with Gasteiger partial charge in [-0.3, -0.25) is 4.90 Å². The van der Waals surface area contributed by atoms with Gasteiger partial charge in [0.25, 0.3) is 0 Å². The third kappa shape index (κ3) is 2.81. The highest BCUT2D eigenvalue weighted by Gasteiger charge is 2.37. The second-order valence-corrected chi connectivity index (χ2v) is 6.35. The topological polar surface area (TPSA) is 12.5 Å². The van der Waals surface area contributed by atoms with Crippen LogP contribution in [-0.4, -0.2) is 30.0 Å². The predicted molar refractivity (Wildman–Crippen MR) is 91.8 cm³/mol. The zero-order chi connectivity index (χ0) is 14.7. The third-order valence-electron chi connectivity index (χ3n) is 3.96. The number of thioether (sulfide) groups is 1. The number of fused-ring (bicyclic) bond motifs is 1. The molecule has 0 N–H and O–H groups in total. The largest absolute Gasteiger partial charge is 0.467 e. The van der Waals surface area contributed by atoms with Crippen LogP contribution in [0.25, 0.3) is 10.8 Å². The van der Waals surface area contributed by atoms with Crippen molar-refractivity contribution in [1.82, 2.24) is 4.90 Å². The van der Waals surface area contributed by atoms with Crippen LogP contribution in [0.1, 0.15) is 13.3 Å². The number of likely N-dealkylation sites (N-methyl/N-ethyl adjacent to an activating group) is 1. The fraction of sp³-hybridized carbons (Fsp3) is 0.333.